The van der Waals surface area contributed by atoms with Crippen molar-refractivity contribution in [3.8, 4) is 0 Å². The highest BCUT2D eigenvalue weighted by molar-refractivity contribution is 7.17. The van der Waals surface area contributed by atoms with Gasteiger partial charge in [-0.15, -0.1) is 11.3 Å². The largest absolute Gasteiger partial charge is 0.365 e. The number of fused-ring (bicyclic) bond motifs is 1. The summed E-state index contributed by atoms with van der Waals surface area (Å²) in [5.41, 5.74) is 7.40. The summed E-state index contributed by atoms with van der Waals surface area (Å²) in [6.45, 7) is 10.4. The maximum absolute atomic E-state index is 12.0. The predicted molar refractivity (Wildman–Crippen MR) is 91.3 cm³/mol. The van der Waals surface area contributed by atoms with Gasteiger partial charge in [-0.1, -0.05) is 34.6 Å². The predicted octanol–water partition coefficient (Wildman–Crippen LogP) is 3.59. The Balaban J connectivity index is 2.36. The quantitative estimate of drug-likeness (QED) is 0.892. The molecule has 1 atom stereocenters. The van der Waals surface area contributed by atoms with Gasteiger partial charge >= 0.3 is 0 Å². The molecule has 3 N–H and O–H groups in total. The van der Waals surface area contributed by atoms with Crippen LogP contribution in [0, 0.1) is 17.3 Å². The molecule has 2 amide bonds. The minimum atomic E-state index is -0.439. The van der Waals surface area contributed by atoms with Crippen LogP contribution < -0.4 is 11.1 Å². The van der Waals surface area contributed by atoms with E-state index in [1.165, 1.54) is 16.2 Å². The molecule has 0 radical (unpaired) electrons. The molecular formula is C17H26N2O2S. The second-order valence-corrected chi connectivity index (χ2v) is 8.63. The number of carbonyl (C=O) groups is 2. The Morgan fingerprint density at radius 2 is 1.95 bits per heavy atom. The fourth-order valence-electron chi connectivity index (χ4n) is 2.93. The fourth-order valence-corrected chi connectivity index (χ4v) is 4.27. The van der Waals surface area contributed by atoms with Crippen LogP contribution in [0.25, 0.3) is 0 Å². The van der Waals surface area contributed by atoms with Crippen molar-refractivity contribution in [1.82, 2.24) is 0 Å². The summed E-state index contributed by atoms with van der Waals surface area (Å²) in [5.74, 6) is -0.0468. The molecule has 1 unspecified atom stereocenters. The molecule has 0 bridgehead atoms. The minimum Gasteiger partial charge on any atom is -0.365 e. The Bertz CT molecular complexity index is 597. The van der Waals surface area contributed by atoms with Gasteiger partial charge in [-0.2, -0.15) is 0 Å². The Morgan fingerprint density at radius 3 is 2.45 bits per heavy atom. The lowest BCUT2D eigenvalue weighted by Crippen LogP contribution is -2.27. The first-order chi connectivity index (χ1) is 10.1. The van der Waals surface area contributed by atoms with Gasteiger partial charge < -0.3 is 11.1 Å². The summed E-state index contributed by atoms with van der Waals surface area (Å²) in [7, 11) is 0. The summed E-state index contributed by atoms with van der Waals surface area (Å²) in [6, 6.07) is 0. The van der Waals surface area contributed by atoms with E-state index in [1.54, 1.807) is 0 Å². The highest BCUT2D eigenvalue weighted by Gasteiger charge is 2.33. The summed E-state index contributed by atoms with van der Waals surface area (Å²) < 4.78 is 0. The minimum absolute atomic E-state index is 0.0755. The summed E-state index contributed by atoms with van der Waals surface area (Å²) >= 11 is 1.52. The van der Waals surface area contributed by atoms with Crippen LogP contribution in [0.2, 0.25) is 0 Å². The van der Waals surface area contributed by atoms with Crippen LogP contribution in [0.4, 0.5) is 5.00 Å². The molecule has 1 aliphatic rings. The number of anilines is 1. The van der Waals surface area contributed by atoms with Crippen LogP contribution in [0.3, 0.4) is 0 Å². The van der Waals surface area contributed by atoms with Crippen LogP contribution >= 0.6 is 11.3 Å². The van der Waals surface area contributed by atoms with Gasteiger partial charge in [0.05, 0.1) is 5.56 Å². The van der Waals surface area contributed by atoms with Crippen LogP contribution in [-0.2, 0) is 17.6 Å². The van der Waals surface area contributed by atoms with Gasteiger partial charge in [-0.3, -0.25) is 9.59 Å². The van der Waals surface area contributed by atoms with E-state index in [1.807, 2.05) is 13.8 Å². The number of nitrogens with two attached hydrogens (primary N) is 1. The van der Waals surface area contributed by atoms with Gasteiger partial charge in [0.2, 0.25) is 5.91 Å². The molecule has 4 nitrogen and oxygen atoms in total. The van der Waals surface area contributed by atoms with Crippen molar-refractivity contribution >= 4 is 28.2 Å². The number of hydrogen-bond donors (Lipinski definition) is 2. The standard InChI is InChI=1S/C17H26N2O2S/c1-9(2)15(21)19-16-13(14(18)20)11-7-6-10(17(3,4)5)8-12(11)22-16/h9-10H,6-8H2,1-5H3,(H2,18,20)(H,19,21). The lowest BCUT2D eigenvalue weighted by molar-refractivity contribution is -0.118. The SMILES string of the molecule is CC(C)C(=O)Nc1sc2c(c1C(N)=O)CCC(C(C)(C)C)C2. The normalized spacial score (nSPS) is 18.2. The van der Waals surface area contributed by atoms with Crippen LogP contribution in [0.5, 0.6) is 0 Å². The van der Waals surface area contributed by atoms with Crippen molar-refractivity contribution in [3.05, 3.63) is 16.0 Å². The van der Waals surface area contributed by atoms with Crippen LogP contribution in [0.15, 0.2) is 0 Å². The number of amides is 2. The number of thiophene rings is 1. The number of rotatable bonds is 3. The third kappa shape index (κ3) is 3.35. The zero-order chi connectivity index (χ0) is 16.7. The molecule has 2 rings (SSSR count). The third-order valence-electron chi connectivity index (χ3n) is 4.50. The van der Waals surface area contributed by atoms with Crippen LogP contribution in [0.1, 0.15) is 61.8 Å². The molecule has 1 aromatic heterocycles. The van der Waals surface area contributed by atoms with E-state index >= 15 is 0 Å². The monoisotopic (exact) mass is 322 g/mol. The molecule has 0 saturated carbocycles. The maximum Gasteiger partial charge on any atom is 0.251 e. The second kappa shape index (κ2) is 6.03. The van der Waals surface area contributed by atoms with Crippen molar-refractivity contribution in [2.24, 2.45) is 23.0 Å². The Labute approximate surface area is 136 Å². The number of carbonyl (C=O) groups excluding carboxylic acids is 2. The van der Waals surface area contributed by atoms with Gasteiger partial charge in [0.1, 0.15) is 5.00 Å². The average molecular weight is 322 g/mol. The number of nitrogens with one attached hydrogen (secondary N) is 1. The highest BCUT2D eigenvalue weighted by Crippen LogP contribution is 2.44. The van der Waals surface area contributed by atoms with Crippen molar-refractivity contribution < 1.29 is 9.59 Å². The van der Waals surface area contributed by atoms with Crippen LogP contribution in [-0.4, -0.2) is 11.8 Å². The van der Waals surface area contributed by atoms with E-state index in [-0.39, 0.29) is 17.2 Å². The Kier molecular flexibility index (Phi) is 4.66. The molecule has 1 heterocycles. The Morgan fingerprint density at radius 1 is 1.32 bits per heavy atom. The molecule has 0 aromatic carbocycles. The molecule has 0 saturated heterocycles. The summed E-state index contributed by atoms with van der Waals surface area (Å²) in [5, 5.41) is 3.51. The lowest BCUT2D eigenvalue weighted by atomic mass is 9.72. The molecule has 0 fully saturated rings. The fraction of sp³-hybridized carbons (Fsp3) is 0.647. The van der Waals surface area contributed by atoms with Gasteiger partial charge in [0, 0.05) is 10.8 Å². The Hall–Kier alpha value is -1.36. The molecule has 122 valence electrons. The smallest absolute Gasteiger partial charge is 0.251 e. The van der Waals surface area contributed by atoms with Crippen molar-refractivity contribution in [2.45, 2.75) is 53.9 Å². The first kappa shape index (κ1) is 17.0. The average Bonchev–Trinajstić information content (AvgIpc) is 2.74. The van der Waals surface area contributed by atoms with Crippen molar-refractivity contribution in [2.75, 3.05) is 5.32 Å². The summed E-state index contributed by atoms with van der Waals surface area (Å²) in [6.07, 6.45) is 2.88. The van der Waals surface area contributed by atoms with E-state index in [2.05, 4.69) is 26.1 Å². The van der Waals surface area contributed by atoms with Gasteiger partial charge in [-0.25, -0.2) is 0 Å². The van der Waals surface area contributed by atoms with Gasteiger partial charge in [0.25, 0.3) is 5.91 Å². The zero-order valence-electron chi connectivity index (χ0n) is 14.1. The van der Waals surface area contributed by atoms with E-state index in [0.717, 1.165) is 24.8 Å². The maximum atomic E-state index is 12.0. The van der Waals surface area contributed by atoms with E-state index in [4.69, 9.17) is 5.73 Å². The van der Waals surface area contributed by atoms with Gasteiger partial charge in [0.15, 0.2) is 0 Å². The number of hydrogen-bond acceptors (Lipinski definition) is 3. The molecule has 5 heteroatoms. The molecule has 22 heavy (non-hydrogen) atoms. The molecular weight excluding hydrogens is 296 g/mol. The lowest BCUT2D eigenvalue weighted by Gasteiger charge is -2.33. The van der Waals surface area contributed by atoms with E-state index in [9.17, 15) is 9.59 Å². The second-order valence-electron chi connectivity index (χ2n) is 7.52. The highest BCUT2D eigenvalue weighted by atomic mass is 32.1. The summed E-state index contributed by atoms with van der Waals surface area (Å²) in [4.78, 5) is 25.0. The molecule has 0 spiro atoms. The van der Waals surface area contributed by atoms with E-state index < -0.39 is 5.91 Å². The zero-order valence-corrected chi connectivity index (χ0v) is 14.9. The number of primary amides is 1. The van der Waals surface area contributed by atoms with Crippen molar-refractivity contribution in [1.29, 1.82) is 0 Å². The third-order valence-corrected chi connectivity index (χ3v) is 5.67. The molecule has 1 aliphatic carbocycles. The first-order valence-corrected chi connectivity index (χ1v) is 8.68. The molecule has 0 aliphatic heterocycles. The topological polar surface area (TPSA) is 72.2 Å². The van der Waals surface area contributed by atoms with Gasteiger partial charge in [-0.05, 0) is 36.2 Å². The first-order valence-electron chi connectivity index (χ1n) is 7.86. The van der Waals surface area contributed by atoms with E-state index in [0.29, 0.717) is 16.5 Å². The molecule has 1 aromatic rings. The van der Waals surface area contributed by atoms with Crippen molar-refractivity contribution in [3.63, 3.8) is 0 Å².